The van der Waals surface area contributed by atoms with Crippen LogP contribution in [0.5, 0.6) is 0 Å². The highest BCUT2D eigenvalue weighted by atomic mass is 35.5. The van der Waals surface area contributed by atoms with Gasteiger partial charge in [0.1, 0.15) is 6.23 Å². The first-order valence-corrected chi connectivity index (χ1v) is 6.13. The highest BCUT2D eigenvalue weighted by Gasteiger charge is 2.28. The number of nitrogen functional groups attached to an aromatic ring is 1. The number of halogens is 1. The molecule has 2 aromatic heterocycles. The molecule has 0 aromatic carbocycles. The minimum atomic E-state index is -0.528. The molecular formula is C10H12ClN5O3. The maximum atomic E-state index is 11.7. The highest BCUT2D eigenvalue weighted by Crippen LogP contribution is 2.30. The first kappa shape index (κ1) is 12.4. The molecular weight excluding hydrogens is 274 g/mol. The summed E-state index contributed by atoms with van der Waals surface area (Å²) in [6.45, 7) is -0.0412. The Balaban J connectivity index is 2.13. The lowest BCUT2D eigenvalue weighted by atomic mass is 10.2. The van der Waals surface area contributed by atoms with Crippen LogP contribution in [0.3, 0.4) is 0 Å². The van der Waals surface area contributed by atoms with Gasteiger partial charge in [-0.05, 0) is 12.8 Å². The number of nitrogens with two attached hydrogens (primary N) is 1. The fourth-order valence-electron chi connectivity index (χ4n) is 2.25. The number of nitrogens with zero attached hydrogens (tertiary/aromatic N) is 4. The third-order valence-corrected chi connectivity index (χ3v) is 3.51. The van der Waals surface area contributed by atoms with Crippen molar-refractivity contribution >= 4 is 28.9 Å². The lowest BCUT2D eigenvalue weighted by Crippen LogP contribution is -2.18. The van der Waals surface area contributed by atoms with Crippen molar-refractivity contribution in [2.24, 2.45) is 0 Å². The molecule has 0 spiro atoms. The minimum Gasteiger partial charge on any atom is -0.394 e. The van der Waals surface area contributed by atoms with Crippen molar-refractivity contribution in [3.05, 3.63) is 16.7 Å². The average molecular weight is 286 g/mol. The van der Waals surface area contributed by atoms with E-state index in [0.29, 0.717) is 12.1 Å². The molecule has 2 aromatic rings. The number of ether oxygens (including phenoxy) is 1. The number of aromatic nitrogens is 4. The number of anilines is 1. The zero-order chi connectivity index (χ0) is 13.6. The van der Waals surface area contributed by atoms with Gasteiger partial charge in [-0.2, -0.15) is 4.98 Å². The van der Waals surface area contributed by atoms with E-state index < -0.39 is 5.56 Å². The molecule has 9 heteroatoms. The maximum Gasteiger partial charge on any atom is 0.302 e. The Bertz CT molecular complexity index is 682. The van der Waals surface area contributed by atoms with E-state index in [1.54, 1.807) is 4.57 Å². The summed E-state index contributed by atoms with van der Waals surface area (Å²) in [4.78, 5) is 19.2. The number of aliphatic hydroxyl groups is 1. The molecule has 1 fully saturated rings. The number of fused-ring (bicyclic) bond motifs is 1. The first-order chi connectivity index (χ1) is 9.11. The quantitative estimate of drug-likeness (QED) is 0.794. The highest BCUT2D eigenvalue weighted by molar-refractivity contribution is 6.19. The Morgan fingerprint density at radius 1 is 1.58 bits per heavy atom. The van der Waals surface area contributed by atoms with Crippen LogP contribution >= 0.6 is 11.8 Å². The van der Waals surface area contributed by atoms with Crippen LogP contribution in [-0.2, 0) is 4.74 Å². The maximum absolute atomic E-state index is 11.7. The molecule has 0 unspecified atom stereocenters. The Morgan fingerprint density at radius 3 is 3.05 bits per heavy atom. The lowest BCUT2D eigenvalue weighted by Gasteiger charge is -2.15. The van der Waals surface area contributed by atoms with Crippen LogP contribution in [0.25, 0.3) is 11.2 Å². The SMILES string of the molecule is Nc1nc(=O)c2ncn([C@H]3CC[C@@H](CO)O3)c2n1Cl. The van der Waals surface area contributed by atoms with Gasteiger partial charge in [0.05, 0.1) is 19.0 Å². The van der Waals surface area contributed by atoms with Gasteiger partial charge in [-0.15, -0.1) is 0 Å². The number of rotatable bonds is 2. The fraction of sp³-hybridized carbons (Fsp3) is 0.500. The molecule has 0 radical (unpaired) electrons. The molecule has 1 saturated heterocycles. The smallest absolute Gasteiger partial charge is 0.302 e. The summed E-state index contributed by atoms with van der Waals surface area (Å²) >= 11 is 6.02. The minimum absolute atomic E-state index is 0.0412. The van der Waals surface area contributed by atoms with Crippen LogP contribution in [0.1, 0.15) is 19.1 Å². The molecule has 19 heavy (non-hydrogen) atoms. The standard InChI is InChI=1S/C10H12ClN5O3/c11-16-9-7(8(18)14-10(16)12)13-4-15(9)6-2-1-5(3-17)19-6/h4-6,17H,1-3H2,(H2,12,14,18)/t5-,6+/m0/s1. The summed E-state index contributed by atoms with van der Waals surface area (Å²) in [6, 6.07) is 0. The third kappa shape index (κ3) is 1.88. The first-order valence-electron chi connectivity index (χ1n) is 5.79. The molecule has 3 N–H and O–H groups in total. The third-order valence-electron chi connectivity index (χ3n) is 3.17. The summed E-state index contributed by atoms with van der Waals surface area (Å²) < 4.78 is 8.35. The van der Waals surface area contributed by atoms with Crippen molar-refractivity contribution in [2.75, 3.05) is 12.3 Å². The number of aliphatic hydroxyl groups excluding tert-OH is 1. The summed E-state index contributed by atoms with van der Waals surface area (Å²) in [5.74, 6) is -0.0994. The van der Waals surface area contributed by atoms with Crippen LogP contribution in [0.15, 0.2) is 11.1 Å². The van der Waals surface area contributed by atoms with Gasteiger partial charge in [-0.25, -0.2) is 9.07 Å². The van der Waals surface area contributed by atoms with E-state index in [0.717, 1.165) is 10.5 Å². The van der Waals surface area contributed by atoms with Crippen LogP contribution in [0.2, 0.25) is 0 Å². The van der Waals surface area contributed by atoms with Gasteiger partial charge in [0.25, 0.3) is 0 Å². The Kier molecular flexibility index (Phi) is 2.92. The number of hydrogen-bond donors (Lipinski definition) is 2. The molecule has 0 bridgehead atoms. The molecule has 2 atom stereocenters. The molecule has 0 aliphatic carbocycles. The monoisotopic (exact) mass is 285 g/mol. The van der Waals surface area contributed by atoms with Gasteiger partial charge in [-0.3, -0.25) is 9.36 Å². The normalized spacial score (nSPS) is 23.3. The van der Waals surface area contributed by atoms with Gasteiger partial charge >= 0.3 is 5.56 Å². The Labute approximate surface area is 112 Å². The Morgan fingerprint density at radius 2 is 2.37 bits per heavy atom. The van der Waals surface area contributed by atoms with Gasteiger partial charge in [0, 0.05) is 11.8 Å². The molecule has 0 saturated carbocycles. The zero-order valence-electron chi connectivity index (χ0n) is 9.86. The molecule has 1 aliphatic rings. The Hall–Kier alpha value is -1.64. The van der Waals surface area contributed by atoms with E-state index in [-0.39, 0.29) is 30.4 Å². The molecule has 102 valence electrons. The van der Waals surface area contributed by atoms with Crippen molar-refractivity contribution in [1.29, 1.82) is 0 Å². The predicted molar refractivity (Wildman–Crippen MR) is 67.7 cm³/mol. The van der Waals surface area contributed by atoms with Gasteiger partial charge in [0.15, 0.2) is 11.2 Å². The van der Waals surface area contributed by atoms with Gasteiger partial charge in [0.2, 0.25) is 5.95 Å². The second-order valence-corrected chi connectivity index (χ2v) is 4.69. The van der Waals surface area contributed by atoms with Crippen molar-refractivity contribution in [2.45, 2.75) is 25.2 Å². The van der Waals surface area contributed by atoms with Crippen LogP contribution in [-0.4, -0.2) is 36.4 Å². The molecule has 0 amide bonds. The summed E-state index contributed by atoms with van der Waals surface area (Å²) in [5.41, 5.74) is 5.53. The van der Waals surface area contributed by atoms with Crippen molar-refractivity contribution in [1.82, 2.24) is 18.6 Å². The topological polar surface area (TPSA) is 108 Å². The van der Waals surface area contributed by atoms with Crippen molar-refractivity contribution < 1.29 is 9.84 Å². The molecule has 3 heterocycles. The summed E-state index contributed by atoms with van der Waals surface area (Å²) in [7, 11) is 0. The predicted octanol–water partition coefficient (Wildman–Crippen LogP) is -0.153. The second kappa shape index (κ2) is 4.48. The van der Waals surface area contributed by atoms with Crippen LogP contribution < -0.4 is 11.3 Å². The van der Waals surface area contributed by atoms with E-state index in [1.165, 1.54) is 6.33 Å². The van der Waals surface area contributed by atoms with E-state index in [2.05, 4.69) is 9.97 Å². The van der Waals surface area contributed by atoms with E-state index in [9.17, 15) is 4.79 Å². The largest absolute Gasteiger partial charge is 0.394 e. The average Bonchev–Trinajstić information content (AvgIpc) is 3.02. The molecule has 3 rings (SSSR count). The van der Waals surface area contributed by atoms with E-state index >= 15 is 0 Å². The zero-order valence-corrected chi connectivity index (χ0v) is 10.6. The lowest BCUT2D eigenvalue weighted by molar-refractivity contribution is -0.0207. The fourth-order valence-corrected chi connectivity index (χ4v) is 2.45. The summed E-state index contributed by atoms with van der Waals surface area (Å²) in [5, 5.41) is 9.08. The molecule has 8 nitrogen and oxygen atoms in total. The number of hydrogen-bond acceptors (Lipinski definition) is 6. The van der Waals surface area contributed by atoms with Crippen LogP contribution in [0.4, 0.5) is 5.95 Å². The van der Waals surface area contributed by atoms with Crippen molar-refractivity contribution in [3.8, 4) is 0 Å². The van der Waals surface area contributed by atoms with Crippen molar-refractivity contribution in [3.63, 3.8) is 0 Å². The molecule has 1 aliphatic heterocycles. The summed E-state index contributed by atoms with van der Waals surface area (Å²) in [6.07, 6.45) is 2.36. The van der Waals surface area contributed by atoms with Gasteiger partial charge in [-0.1, -0.05) is 0 Å². The van der Waals surface area contributed by atoms with Crippen LogP contribution in [0, 0.1) is 0 Å². The number of imidazole rings is 1. The van der Waals surface area contributed by atoms with E-state index in [1.807, 2.05) is 0 Å². The van der Waals surface area contributed by atoms with Gasteiger partial charge < -0.3 is 15.6 Å². The second-order valence-electron chi connectivity index (χ2n) is 4.35. The van der Waals surface area contributed by atoms with E-state index in [4.69, 9.17) is 27.4 Å².